The highest BCUT2D eigenvalue weighted by Crippen LogP contribution is 2.32. The van der Waals surface area contributed by atoms with E-state index in [2.05, 4.69) is 0 Å². The minimum Gasteiger partial charge on any atom is -0.478 e. The van der Waals surface area contributed by atoms with Crippen LogP contribution in [0, 0.1) is 5.92 Å². The van der Waals surface area contributed by atoms with Crippen molar-refractivity contribution >= 4 is 19.6 Å². The standard InChI is InChI=1S/C12H19O6P/c1-4-9(5-2)12(3,8-19(16)17)18-11(15)7-6-10(13)14/h6-7,9H,4-5,8H2,1-3H3,(H,13,14). The predicted molar refractivity (Wildman–Crippen MR) is 68.5 cm³/mol. The van der Waals surface area contributed by atoms with E-state index in [1.165, 1.54) is 0 Å². The van der Waals surface area contributed by atoms with E-state index in [4.69, 9.17) is 9.84 Å². The van der Waals surface area contributed by atoms with Crippen molar-refractivity contribution in [1.82, 2.24) is 0 Å². The van der Waals surface area contributed by atoms with Gasteiger partial charge in [0.05, 0.1) is 6.16 Å². The van der Waals surface area contributed by atoms with Crippen molar-refractivity contribution in [1.29, 1.82) is 0 Å². The molecule has 1 N–H and O–H groups in total. The molecule has 0 heterocycles. The lowest BCUT2D eigenvalue weighted by Gasteiger charge is -2.34. The van der Waals surface area contributed by atoms with Gasteiger partial charge in [0.25, 0.3) is 0 Å². The first kappa shape index (κ1) is 17.6. The second-order valence-corrected chi connectivity index (χ2v) is 5.39. The molecule has 1 unspecified atom stereocenters. The zero-order valence-corrected chi connectivity index (χ0v) is 12.2. The van der Waals surface area contributed by atoms with Crippen LogP contribution in [0.5, 0.6) is 0 Å². The maximum atomic E-state index is 11.5. The van der Waals surface area contributed by atoms with Crippen LogP contribution >= 0.6 is 7.68 Å². The molecule has 0 aromatic carbocycles. The summed E-state index contributed by atoms with van der Waals surface area (Å²) in [5.74, 6) is -2.23. The van der Waals surface area contributed by atoms with Crippen LogP contribution in [0.2, 0.25) is 0 Å². The lowest BCUT2D eigenvalue weighted by Crippen LogP contribution is -2.41. The SMILES string of the molecule is CCC(CC)C(C)(CP(=O)=O)OC(=O)C=CC(=O)O. The summed E-state index contributed by atoms with van der Waals surface area (Å²) in [6.45, 7) is 5.32. The molecule has 0 aliphatic rings. The number of carboxylic acid groups (broad SMARTS) is 1. The Morgan fingerprint density at radius 2 is 1.79 bits per heavy atom. The van der Waals surface area contributed by atoms with Crippen molar-refractivity contribution in [2.75, 3.05) is 6.16 Å². The molecule has 0 saturated heterocycles. The van der Waals surface area contributed by atoms with Crippen molar-refractivity contribution in [3.8, 4) is 0 Å². The first-order valence-electron chi connectivity index (χ1n) is 6.01. The van der Waals surface area contributed by atoms with Crippen LogP contribution in [-0.2, 0) is 23.5 Å². The number of carboxylic acids is 1. The molecule has 0 rings (SSSR count). The zero-order valence-electron chi connectivity index (χ0n) is 11.3. The molecule has 108 valence electrons. The molecule has 19 heavy (non-hydrogen) atoms. The van der Waals surface area contributed by atoms with Crippen LogP contribution in [0.4, 0.5) is 0 Å². The third-order valence-electron chi connectivity index (χ3n) is 2.99. The van der Waals surface area contributed by atoms with Crippen LogP contribution < -0.4 is 0 Å². The molecule has 0 fully saturated rings. The Balaban J connectivity index is 5.05. The van der Waals surface area contributed by atoms with Gasteiger partial charge in [0.2, 0.25) is 0 Å². The van der Waals surface area contributed by atoms with Crippen LogP contribution in [0.1, 0.15) is 33.6 Å². The Labute approximate surface area is 112 Å². The van der Waals surface area contributed by atoms with Gasteiger partial charge in [0.15, 0.2) is 0 Å². The summed E-state index contributed by atoms with van der Waals surface area (Å²) < 4.78 is 27.0. The number of carbonyl (C=O) groups is 2. The Morgan fingerprint density at radius 3 is 2.16 bits per heavy atom. The number of hydrogen-bond donors (Lipinski definition) is 1. The van der Waals surface area contributed by atoms with Crippen LogP contribution in [0.15, 0.2) is 12.2 Å². The highest BCUT2D eigenvalue weighted by Gasteiger charge is 2.37. The molecule has 0 aromatic rings. The summed E-state index contributed by atoms with van der Waals surface area (Å²) in [4.78, 5) is 21.8. The molecule has 0 amide bonds. The molecular formula is C12H19O6P. The van der Waals surface area contributed by atoms with Crippen molar-refractivity contribution in [2.24, 2.45) is 5.92 Å². The summed E-state index contributed by atoms with van der Waals surface area (Å²) in [5, 5.41) is 8.42. The zero-order chi connectivity index (χ0) is 15.1. The van der Waals surface area contributed by atoms with E-state index in [9.17, 15) is 18.7 Å². The number of rotatable bonds is 8. The fourth-order valence-electron chi connectivity index (χ4n) is 2.06. The van der Waals surface area contributed by atoms with Gasteiger partial charge < -0.3 is 9.84 Å². The third-order valence-corrected chi connectivity index (χ3v) is 3.87. The van der Waals surface area contributed by atoms with Crippen molar-refractivity contribution < 1.29 is 28.6 Å². The van der Waals surface area contributed by atoms with E-state index in [1.54, 1.807) is 6.92 Å². The quantitative estimate of drug-likeness (QED) is 0.419. The molecular weight excluding hydrogens is 271 g/mol. The van der Waals surface area contributed by atoms with Crippen LogP contribution in [0.3, 0.4) is 0 Å². The summed E-state index contributed by atoms with van der Waals surface area (Å²) in [5.41, 5.74) is -1.14. The van der Waals surface area contributed by atoms with Gasteiger partial charge in [-0.15, -0.1) is 0 Å². The second-order valence-electron chi connectivity index (χ2n) is 4.41. The van der Waals surface area contributed by atoms with E-state index >= 15 is 0 Å². The lowest BCUT2D eigenvalue weighted by molar-refractivity contribution is -0.155. The minimum atomic E-state index is -2.70. The third kappa shape index (κ3) is 6.34. The minimum absolute atomic E-state index is 0.109. The molecule has 7 heteroatoms. The van der Waals surface area contributed by atoms with Gasteiger partial charge >= 0.3 is 19.6 Å². The van der Waals surface area contributed by atoms with Crippen molar-refractivity contribution in [2.45, 2.75) is 39.2 Å². The Hall–Kier alpha value is -1.42. The highest BCUT2D eigenvalue weighted by molar-refractivity contribution is 7.30. The number of ether oxygens (including phenoxy) is 1. The van der Waals surface area contributed by atoms with Gasteiger partial charge in [-0.3, -0.25) is 0 Å². The molecule has 0 bridgehead atoms. The maximum Gasteiger partial charge on any atom is 0.331 e. The van der Waals surface area contributed by atoms with E-state index in [-0.39, 0.29) is 12.1 Å². The molecule has 0 radical (unpaired) electrons. The predicted octanol–water partition coefficient (Wildman–Crippen LogP) is 2.54. The average Bonchev–Trinajstić information content (AvgIpc) is 2.26. The van der Waals surface area contributed by atoms with E-state index in [0.717, 1.165) is 6.08 Å². The number of esters is 1. The molecule has 0 aliphatic carbocycles. The number of carbonyl (C=O) groups excluding carboxylic acids is 1. The molecule has 6 nitrogen and oxygen atoms in total. The van der Waals surface area contributed by atoms with Gasteiger partial charge in [0, 0.05) is 12.2 Å². The van der Waals surface area contributed by atoms with Gasteiger partial charge in [-0.2, -0.15) is 0 Å². The largest absolute Gasteiger partial charge is 0.478 e. The Bertz CT molecular complexity index is 414. The lowest BCUT2D eigenvalue weighted by atomic mass is 9.86. The smallest absolute Gasteiger partial charge is 0.331 e. The van der Waals surface area contributed by atoms with Gasteiger partial charge in [-0.25, -0.2) is 18.7 Å². The number of aliphatic carboxylic acids is 1. The monoisotopic (exact) mass is 290 g/mol. The summed E-state index contributed by atoms with van der Waals surface area (Å²) in [6, 6.07) is 0. The highest BCUT2D eigenvalue weighted by atomic mass is 31.1. The van der Waals surface area contributed by atoms with Crippen LogP contribution in [0.25, 0.3) is 0 Å². The molecule has 0 aromatic heterocycles. The molecule has 0 saturated carbocycles. The van der Waals surface area contributed by atoms with Crippen molar-refractivity contribution in [3.05, 3.63) is 12.2 Å². The normalized spacial score (nSPS) is 14.3. The first-order valence-corrected chi connectivity index (χ1v) is 7.37. The summed E-state index contributed by atoms with van der Waals surface area (Å²) in [7, 11) is -2.70. The first-order chi connectivity index (χ1) is 8.75. The molecule has 0 aliphatic heterocycles. The van der Waals surface area contributed by atoms with E-state index < -0.39 is 25.2 Å². The number of hydrogen-bond acceptors (Lipinski definition) is 5. The van der Waals surface area contributed by atoms with Crippen molar-refractivity contribution in [3.63, 3.8) is 0 Å². The molecule has 1 atom stereocenters. The van der Waals surface area contributed by atoms with Gasteiger partial charge in [-0.1, -0.05) is 13.8 Å². The summed E-state index contributed by atoms with van der Waals surface area (Å²) in [6.07, 6.45) is 2.48. The second kappa shape index (κ2) is 7.89. The van der Waals surface area contributed by atoms with Gasteiger partial charge in [0.1, 0.15) is 5.60 Å². The fourth-order valence-corrected chi connectivity index (χ4v) is 2.89. The van der Waals surface area contributed by atoms with Gasteiger partial charge in [-0.05, 0) is 25.7 Å². The fraction of sp³-hybridized carbons (Fsp3) is 0.667. The maximum absolute atomic E-state index is 11.5. The Kier molecular flexibility index (Phi) is 7.30. The average molecular weight is 290 g/mol. The van der Waals surface area contributed by atoms with Crippen LogP contribution in [-0.4, -0.2) is 28.8 Å². The Morgan fingerprint density at radius 1 is 1.26 bits per heavy atom. The topological polar surface area (TPSA) is 97.7 Å². The van der Waals surface area contributed by atoms with E-state index in [1.807, 2.05) is 13.8 Å². The summed E-state index contributed by atoms with van der Waals surface area (Å²) >= 11 is 0. The van der Waals surface area contributed by atoms with E-state index in [0.29, 0.717) is 18.9 Å². The molecule has 0 spiro atoms.